The molecule has 0 saturated carbocycles. The number of carbonyl (C=O) groups is 1. The van der Waals surface area contributed by atoms with Crippen molar-refractivity contribution < 1.29 is 22.8 Å². The summed E-state index contributed by atoms with van der Waals surface area (Å²) in [5.74, 6) is -3.15. The van der Waals surface area contributed by atoms with Crippen LogP contribution in [-0.4, -0.2) is 11.1 Å². The maximum absolute atomic E-state index is 14.2. The molecule has 1 amide bonds. The highest BCUT2D eigenvalue weighted by atomic mass is 19.1. The first-order chi connectivity index (χ1) is 13.2. The minimum atomic E-state index is -1.21. The summed E-state index contributed by atoms with van der Waals surface area (Å²) in [6.45, 7) is 6.27. The lowest BCUT2D eigenvalue weighted by molar-refractivity contribution is 0.0991. The predicted molar refractivity (Wildman–Crippen MR) is 99.8 cm³/mol. The number of halogens is 2. The fourth-order valence-electron chi connectivity index (χ4n) is 2.67. The second-order valence-corrected chi connectivity index (χ2v) is 7.40. The van der Waals surface area contributed by atoms with Crippen molar-refractivity contribution in [3.63, 3.8) is 0 Å². The smallest absolute Gasteiger partial charge is 0.254 e. The van der Waals surface area contributed by atoms with E-state index < -0.39 is 23.1 Å². The van der Waals surface area contributed by atoms with Crippen LogP contribution in [0.1, 0.15) is 42.4 Å². The van der Waals surface area contributed by atoms with E-state index in [1.165, 1.54) is 5.56 Å². The van der Waals surface area contributed by atoms with Gasteiger partial charge in [0.15, 0.2) is 17.3 Å². The number of amides is 1. The van der Waals surface area contributed by atoms with Gasteiger partial charge in [-0.3, -0.25) is 4.79 Å². The van der Waals surface area contributed by atoms with Crippen molar-refractivity contribution in [2.24, 2.45) is 5.73 Å². The van der Waals surface area contributed by atoms with Gasteiger partial charge in [-0.2, -0.15) is 0 Å². The number of carbonyl (C=O) groups excluding carboxylic acids is 1. The zero-order valence-electron chi connectivity index (χ0n) is 15.8. The molecule has 0 aliphatic carbocycles. The van der Waals surface area contributed by atoms with Crippen LogP contribution in [0.2, 0.25) is 0 Å². The average molecular weight is 386 g/mol. The second kappa shape index (κ2) is 7.42. The Morgan fingerprint density at radius 1 is 1.14 bits per heavy atom. The van der Waals surface area contributed by atoms with E-state index in [-0.39, 0.29) is 17.8 Å². The third-order valence-corrected chi connectivity index (χ3v) is 4.27. The molecule has 1 aromatic heterocycles. The standard InChI is InChI=1S/C21H20F2N2O3/c1-21(2,3)13-6-4-12(5-7-13)17-10-14(25-28-17)11-27-16-9-8-15(22)18(19(16)23)20(24)26/h4-10H,11H2,1-3H3,(H2,24,26). The van der Waals surface area contributed by atoms with Gasteiger partial charge in [-0.25, -0.2) is 8.78 Å². The van der Waals surface area contributed by atoms with E-state index in [4.69, 9.17) is 15.0 Å². The van der Waals surface area contributed by atoms with Crippen LogP contribution in [0.3, 0.4) is 0 Å². The molecule has 3 rings (SSSR count). The lowest BCUT2D eigenvalue weighted by Gasteiger charge is -2.18. The fourth-order valence-corrected chi connectivity index (χ4v) is 2.67. The molecular formula is C21H20F2N2O3. The van der Waals surface area contributed by atoms with Crippen LogP contribution in [0.4, 0.5) is 8.78 Å². The van der Waals surface area contributed by atoms with Gasteiger partial charge in [0.1, 0.15) is 23.7 Å². The highest BCUT2D eigenvalue weighted by Gasteiger charge is 2.20. The van der Waals surface area contributed by atoms with Gasteiger partial charge >= 0.3 is 0 Å². The normalized spacial score (nSPS) is 11.5. The first kappa shape index (κ1) is 19.5. The Bertz CT molecular complexity index is 1010. The summed E-state index contributed by atoms with van der Waals surface area (Å²) in [4.78, 5) is 11.2. The number of rotatable bonds is 5. The first-order valence-electron chi connectivity index (χ1n) is 8.64. The molecule has 146 valence electrons. The number of ether oxygens (including phenoxy) is 1. The van der Waals surface area contributed by atoms with E-state index in [1.54, 1.807) is 6.07 Å². The number of nitrogens with zero attached hydrogens (tertiary/aromatic N) is 1. The van der Waals surface area contributed by atoms with Crippen molar-refractivity contribution in [3.05, 3.63) is 70.9 Å². The zero-order valence-corrected chi connectivity index (χ0v) is 15.8. The van der Waals surface area contributed by atoms with Gasteiger partial charge in [0, 0.05) is 11.6 Å². The van der Waals surface area contributed by atoms with Crippen molar-refractivity contribution in [2.45, 2.75) is 32.8 Å². The largest absolute Gasteiger partial charge is 0.484 e. The lowest BCUT2D eigenvalue weighted by atomic mass is 9.86. The molecule has 1 heterocycles. The Morgan fingerprint density at radius 2 is 1.82 bits per heavy atom. The third-order valence-electron chi connectivity index (χ3n) is 4.27. The summed E-state index contributed by atoms with van der Waals surface area (Å²) in [6, 6.07) is 11.6. The van der Waals surface area contributed by atoms with Gasteiger partial charge in [-0.05, 0) is 23.1 Å². The summed E-state index contributed by atoms with van der Waals surface area (Å²) in [6.07, 6.45) is 0. The van der Waals surface area contributed by atoms with Crippen LogP contribution in [-0.2, 0) is 12.0 Å². The molecule has 2 N–H and O–H groups in total. The summed E-state index contributed by atoms with van der Waals surface area (Å²) >= 11 is 0. The summed E-state index contributed by atoms with van der Waals surface area (Å²) < 4.78 is 38.3. The van der Waals surface area contributed by atoms with Gasteiger partial charge in [-0.1, -0.05) is 50.2 Å². The van der Waals surface area contributed by atoms with Crippen LogP contribution in [0, 0.1) is 11.6 Å². The summed E-state index contributed by atoms with van der Waals surface area (Å²) in [5.41, 5.74) is 6.65. The van der Waals surface area contributed by atoms with Crippen molar-refractivity contribution >= 4 is 5.91 Å². The average Bonchev–Trinajstić information content (AvgIpc) is 3.09. The first-order valence-corrected chi connectivity index (χ1v) is 8.64. The molecule has 0 bridgehead atoms. The molecule has 28 heavy (non-hydrogen) atoms. The minimum Gasteiger partial charge on any atom is -0.484 e. The molecule has 0 spiro atoms. The maximum atomic E-state index is 14.2. The molecule has 0 unspecified atom stereocenters. The van der Waals surface area contributed by atoms with Crippen molar-refractivity contribution in [1.29, 1.82) is 0 Å². The summed E-state index contributed by atoms with van der Waals surface area (Å²) in [7, 11) is 0. The van der Waals surface area contributed by atoms with Gasteiger partial charge in [-0.15, -0.1) is 0 Å². The van der Waals surface area contributed by atoms with Crippen molar-refractivity contribution in [1.82, 2.24) is 5.16 Å². The Kier molecular flexibility index (Phi) is 5.18. The topological polar surface area (TPSA) is 78.4 Å². The monoisotopic (exact) mass is 386 g/mol. The van der Waals surface area contributed by atoms with Crippen LogP contribution in [0.25, 0.3) is 11.3 Å². The van der Waals surface area contributed by atoms with Crippen LogP contribution >= 0.6 is 0 Å². The Labute approximate surface area is 161 Å². The highest BCUT2D eigenvalue weighted by Crippen LogP contribution is 2.27. The molecule has 7 heteroatoms. The Morgan fingerprint density at radius 3 is 2.43 bits per heavy atom. The van der Waals surface area contributed by atoms with Gasteiger partial charge in [0.05, 0.1) is 0 Å². The third kappa shape index (κ3) is 4.03. The maximum Gasteiger partial charge on any atom is 0.254 e. The molecule has 3 aromatic rings. The SMILES string of the molecule is CC(C)(C)c1ccc(-c2cc(COc3ccc(F)c(C(N)=O)c3F)no2)cc1. The van der Waals surface area contributed by atoms with E-state index in [0.29, 0.717) is 11.5 Å². The molecule has 0 aliphatic rings. The van der Waals surface area contributed by atoms with E-state index in [1.807, 2.05) is 24.3 Å². The molecule has 2 aromatic carbocycles. The molecule has 0 aliphatic heterocycles. The fraction of sp³-hybridized carbons (Fsp3) is 0.238. The van der Waals surface area contributed by atoms with Gasteiger partial charge in [0.25, 0.3) is 5.91 Å². The quantitative estimate of drug-likeness (QED) is 0.695. The molecule has 0 fully saturated rings. The van der Waals surface area contributed by atoms with Crippen LogP contribution in [0.15, 0.2) is 47.0 Å². The highest BCUT2D eigenvalue weighted by molar-refractivity contribution is 5.93. The number of aromatic nitrogens is 1. The predicted octanol–water partition coefficient (Wildman–Crippen LogP) is 4.60. The van der Waals surface area contributed by atoms with E-state index >= 15 is 0 Å². The van der Waals surface area contributed by atoms with E-state index in [9.17, 15) is 13.6 Å². The lowest BCUT2D eigenvalue weighted by Crippen LogP contribution is -2.16. The number of primary amides is 1. The molecule has 5 nitrogen and oxygen atoms in total. The molecule has 0 atom stereocenters. The number of hydrogen-bond acceptors (Lipinski definition) is 4. The number of benzene rings is 2. The molecule has 0 radical (unpaired) electrons. The number of hydrogen-bond donors (Lipinski definition) is 1. The van der Waals surface area contributed by atoms with Gasteiger partial charge in [0.2, 0.25) is 0 Å². The number of nitrogens with two attached hydrogens (primary N) is 1. The van der Waals surface area contributed by atoms with Gasteiger partial charge < -0.3 is 15.0 Å². The zero-order chi connectivity index (χ0) is 20.5. The molecular weight excluding hydrogens is 366 g/mol. The Hall–Kier alpha value is -3.22. The van der Waals surface area contributed by atoms with Crippen LogP contribution < -0.4 is 10.5 Å². The second-order valence-electron chi connectivity index (χ2n) is 7.40. The van der Waals surface area contributed by atoms with E-state index in [2.05, 4.69) is 25.9 Å². The van der Waals surface area contributed by atoms with Crippen molar-refractivity contribution in [2.75, 3.05) is 0 Å². The van der Waals surface area contributed by atoms with Crippen molar-refractivity contribution in [3.8, 4) is 17.1 Å². The minimum absolute atomic E-state index is 0.0436. The molecule has 0 saturated heterocycles. The summed E-state index contributed by atoms with van der Waals surface area (Å²) in [5, 5.41) is 3.90. The van der Waals surface area contributed by atoms with E-state index in [0.717, 1.165) is 17.7 Å². The van der Waals surface area contributed by atoms with Crippen LogP contribution in [0.5, 0.6) is 5.75 Å². The Balaban J connectivity index is 1.74.